The number of thiazole rings is 1. The standard InChI is InChI=1S/C24H21ClN4O2S/c1-23(30,21-27-8-11-32-21)5-4-15-2-3-18-16(12-15)17(13-24(18)6-9-31-10-7-24)20-19(25)14-28-22(26)29-20/h2-3,8,11-14,30H,6-7,9-10H2,1H3,(H2,26,28,29)/t23-/m1/s1. The summed E-state index contributed by atoms with van der Waals surface area (Å²) in [7, 11) is 0. The Hall–Kier alpha value is -2.76. The maximum atomic E-state index is 10.7. The van der Waals surface area contributed by atoms with Gasteiger partial charge >= 0.3 is 0 Å². The Kier molecular flexibility index (Phi) is 5.26. The number of halogens is 1. The van der Waals surface area contributed by atoms with Gasteiger partial charge in [0.15, 0.2) is 5.60 Å². The second kappa shape index (κ2) is 7.98. The Bertz CT molecular complexity index is 1270. The topological polar surface area (TPSA) is 94.2 Å². The number of nitrogens with two attached hydrogens (primary N) is 1. The molecule has 1 saturated heterocycles. The molecule has 0 unspecified atom stereocenters. The largest absolute Gasteiger partial charge is 0.381 e. The Morgan fingerprint density at radius 1 is 1.28 bits per heavy atom. The van der Waals surface area contributed by atoms with E-state index in [1.54, 1.807) is 13.1 Å². The second-order valence-corrected chi connectivity index (χ2v) is 9.47. The van der Waals surface area contributed by atoms with Crippen molar-refractivity contribution in [1.29, 1.82) is 0 Å². The number of ether oxygens (including phenoxy) is 1. The molecule has 3 aromatic rings. The number of hydrogen-bond donors (Lipinski definition) is 2. The van der Waals surface area contributed by atoms with Crippen LogP contribution < -0.4 is 5.73 Å². The molecule has 1 spiro atoms. The van der Waals surface area contributed by atoms with Crippen LogP contribution >= 0.6 is 22.9 Å². The number of aliphatic hydroxyl groups is 1. The van der Waals surface area contributed by atoms with Crippen LogP contribution in [0.1, 0.15) is 47.2 Å². The van der Waals surface area contributed by atoms with Crippen molar-refractivity contribution in [2.75, 3.05) is 18.9 Å². The lowest BCUT2D eigenvalue weighted by Gasteiger charge is -2.33. The molecule has 6 nitrogen and oxygen atoms in total. The highest BCUT2D eigenvalue weighted by Crippen LogP contribution is 2.49. The van der Waals surface area contributed by atoms with E-state index in [0.29, 0.717) is 28.9 Å². The fourth-order valence-electron chi connectivity index (χ4n) is 4.34. The zero-order valence-electron chi connectivity index (χ0n) is 17.4. The van der Waals surface area contributed by atoms with Crippen molar-refractivity contribution < 1.29 is 9.84 Å². The molecular weight excluding hydrogens is 444 g/mol. The van der Waals surface area contributed by atoms with Crippen LogP contribution in [0.5, 0.6) is 0 Å². The van der Waals surface area contributed by atoms with E-state index in [-0.39, 0.29) is 11.4 Å². The first kappa shape index (κ1) is 21.1. The summed E-state index contributed by atoms with van der Waals surface area (Å²) < 4.78 is 5.63. The van der Waals surface area contributed by atoms with E-state index in [4.69, 9.17) is 22.1 Å². The van der Waals surface area contributed by atoms with Gasteiger partial charge in [0.1, 0.15) is 5.01 Å². The van der Waals surface area contributed by atoms with Crippen LogP contribution in [0.3, 0.4) is 0 Å². The minimum atomic E-state index is -1.32. The maximum Gasteiger partial charge on any atom is 0.220 e. The molecular formula is C24H21ClN4O2S. The minimum Gasteiger partial charge on any atom is -0.381 e. The molecule has 1 atom stereocenters. The lowest BCUT2D eigenvalue weighted by molar-refractivity contribution is 0.0662. The van der Waals surface area contributed by atoms with Gasteiger partial charge in [-0.15, -0.1) is 11.3 Å². The Morgan fingerprint density at radius 2 is 2.09 bits per heavy atom. The highest BCUT2D eigenvalue weighted by atomic mass is 35.5. The van der Waals surface area contributed by atoms with Crippen molar-refractivity contribution >= 4 is 34.5 Å². The summed E-state index contributed by atoms with van der Waals surface area (Å²) in [6, 6.07) is 6.14. The van der Waals surface area contributed by atoms with E-state index < -0.39 is 5.60 Å². The molecule has 0 amide bonds. The van der Waals surface area contributed by atoms with Gasteiger partial charge in [0.25, 0.3) is 0 Å². The summed E-state index contributed by atoms with van der Waals surface area (Å²) in [6.07, 6.45) is 7.20. The van der Waals surface area contributed by atoms with Crippen molar-refractivity contribution in [3.05, 3.63) is 74.5 Å². The first-order valence-electron chi connectivity index (χ1n) is 10.3. The molecule has 1 aromatic carbocycles. The smallest absolute Gasteiger partial charge is 0.220 e. The van der Waals surface area contributed by atoms with E-state index >= 15 is 0 Å². The van der Waals surface area contributed by atoms with Crippen LogP contribution in [-0.4, -0.2) is 33.3 Å². The van der Waals surface area contributed by atoms with Crippen molar-refractivity contribution in [3.8, 4) is 11.8 Å². The normalized spacial score (nSPS) is 18.4. The first-order valence-corrected chi connectivity index (χ1v) is 11.5. The predicted molar refractivity (Wildman–Crippen MR) is 125 cm³/mol. The Balaban J connectivity index is 1.61. The van der Waals surface area contributed by atoms with Gasteiger partial charge in [-0.2, -0.15) is 0 Å². The zero-order valence-corrected chi connectivity index (χ0v) is 19.0. The number of nitrogens with zero attached hydrogens (tertiary/aromatic N) is 3. The SMILES string of the molecule is C[C@@](O)(C#Cc1ccc2c(c1)C(c1nc(N)ncc1Cl)=CC21CCOCC1)c1nccs1. The molecule has 0 bridgehead atoms. The summed E-state index contributed by atoms with van der Waals surface area (Å²) in [4.78, 5) is 12.6. The molecule has 1 aliphatic carbocycles. The third-order valence-electron chi connectivity index (χ3n) is 5.97. The van der Waals surface area contributed by atoms with Gasteiger partial charge in [-0.1, -0.05) is 35.6 Å². The number of nitrogen functional groups attached to an aromatic ring is 1. The Morgan fingerprint density at radius 3 is 2.84 bits per heavy atom. The van der Waals surface area contributed by atoms with E-state index in [9.17, 15) is 5.11 Å². The average molecular weight is 465 g/mol. The molecule has 1 aliphatic heterocycles. The molecule has 3 N–H and O–H groups in total. The first-order chi connectivity index (χ1) is 15.4. The summed E-state index contributed by atoms with van der Waals surface area (Å²) in [5.41, 5.74) is 8.98. The maximum absolute atomic E-state index is 10.7. The minimum absolute atomic E-state index is 0.135. The van der Waals surface area contributed by atoms with Crippen molar-refractivity contribution in [2.45, 2.75) is 30.8 Å². The van der Waals surface area contributed by atoms with Crippen LogP contribution in [0.2, 0.25) is 5.02 Å². The third-order valence-corrected chi connectivity index (χ3v) is 7.23. The number of benzene rings is 1. The van der Waals surface area contributed by atoms with Crippen LogP contribution in [0.15, 0.2) is 42.0 Å². The molecule has 162 valence electrons. The number of hydrogen-bond acceptors (Lipinski definition) is 7. The van der Waals surface area contributed by atoms with Gasteiger partial charge in [0, 0.05) is 41.3 Å². The number of rotatable bonds is 2. The molecule has 2 aromatic heterocycles. The fourth-order valence-corrected chi connectivity index (χ4v) is 5.18. The quantitative estimate of drug-likeness (QED) is 0.558. The predicted octanol–water partition coefficient (Wildman–Crippen LogP) is 3.92. The summed E-state index contributed by atoms with van der Waals surface area (Å²) in [5, 5.41) is 13.6. The zero-order chi connectivity index (χ0) is 22.3. The molecule has 32 heavy (non-hydrogen) atoms. The number of aromatic nitrogens is 3. The van der Waals surface area contributed by atoms with Gasteiger partial charge < -0.3 is 15.6 Å². The molecule has 1 fully saturated rings. The third kappa shape index (κ3) is 3.70. The lowest BCUT2D eigenvalue weighted by atomic mass is 9.76. The number of allylic oxidation sites excluding steroid dienone is 1. The van der Waals surface area contributed by atoms with E-state index in [0.717, 1.165) is 29.5 Å². The van der Waals surface area contributed by atoms with Gasteiger partial charge in [-0.25, -0.2) is 15.0 Å². The van der Waals surface area contributed by atoms with E-state index in [2.05, 4.69) is 38.9 Å². The van der Waals surface area contributed by atoms with E-state index in [1.807, 2.05) is 17.5 Å². The lowest BCUT2D eigenvalue weighted by Crippen LogP contribution is -2.30. The van der Waals surface area contributed by atoms with Gasteiger partial charge in [0.05, 0.1) is 16.9 Å². The molecule has 5 rings (SSSR count). The van der Waals surface area contributed by atoms with Gasteiger partial charge in [-0.05, 0) is 43.0 Å². The highest BCUT2D eigenvalue weighted by molar-refractivity contribution is 7.09. The molecule has 2 aliphatic rings. The van der Waals surface area contributed by atoms with Crippen LogP contribution in [-0.2, 0) is 15.8 Å². The summed E-state index contributed by atoms with van der Waals surface area (Å²) >= 11 is 7.85. The van der Waals surface area contributed by atoms with E-state index in [1.165, 1.54) is 23.1 Å². The highest BCUT2D eigenvalue weighted by Gasteiger charge is 2.40. The summed E-state index contributed by atoms with van der Waals surface area (Å²) in [5.74, 6) is 6.25. The molecule has 0 saturated carbocycles. The van der Waals surface area contributed by atoms with Crippen molar-refractivity contribution in [3.63, 3.8) is 0 Å². The van der Waals surface area contributed by atoms with Crippen molar-refractivity contribution in [1.82, 2.24) is 15.0 Å². The average Bonchev–Trinajstić information content (AvgIpc) is 3.43. The molecule has 8 heteroatoms. The van der Waals surface area contributed by atoms with Crippen LogP contribution in [0.4, 0.5) is 5.95 Å². The monoisotopic (exact) mass is 464 g/mol. The van der Waals surface area contributed by atoms with Crippen LogP contribution in [0.25, 0.3) is 5.57 Å². The number of anilines is 1. The molecule has 3 heterocycles. The second-order valence-electron chi connectivity index (χ2n) is 8.17. The number of fused-ring (bicyclic) bond motifs is 2. The summed E-state index contributed by atoms with van der Waals surface area (Å²) in [6.45, 7) is 3.04. The van der Waals surface area contributed by atoms with Gasteiger partial charge in [0.2, 0.25) is 5.95 Å². The fraction of sp³-hybridized carbons (Fsp3) is 0.292. The van der Waals surface area contributed by atoms with Gasteiger partial charge in [-0.3, -0.25) is 0 Å². The Labute approximate surface area is 195 Å². The van der Waals surface area contributed by atoms with Crippen LogP contribution in [0, 0.1) is 11.8 Å². The van der Waals surface area contributed by atoms with Crippen molar-refractivity contribution in [2.24, 2.45) is 0 Å². The molecule has 0 radical (unpaired) electrons.